The molecule has 0 aromatic carbocycles. The number of hydrogen-bond acceptors (Lipinski definition) is 23. The molecule has 676 valence electrons. The Bertz CT molecular complexity index is 2570. The van der Waals surface area contributed by atoms with Gasteiger partial charge in [0.15, 0.2) is 0 Å². The van der Waals surface area contributed by atoms with Crippen LogP contribution in [0.4, 0.5) is 0 Å². The van der Waals surface area contributed by atoms with Gasteiger partial charge in [0.2, 0.25) is 51.4 Å². The van der Waals surface area contributed by atoms with Crippen LogP contribution >= 0.6 is 0 Å². The molecule has 113 heavy (non-hydrogen) atoms. The number of aromatic nitrogens is 1. The van der Waals surface area contributed by atoms with Gasteiger partial charge in [-0.3, -0.25) is 53.2 Å². The summed E-state index contributed by atoms with van der Waals surface area (Å²) in [6.07, 6.45) is 5.78. The Labute approximate surface area is 687 Å². The molecule has 3 saturated heterocycles. The Morgan fingerprint density at radius 2 is 0.947 bits per heavy atom. The molecule has 2 aromatic rings. The van der Waals surface area contributed by atoms with Gasteiger partial charge in [-0.25, -0.2) is 13.1 Å². The smallest absolute Gasteiger partial charge is 0.225 e. The zero-order valence-electron chi connectivity index (χ0n) is 66.5. The van der Waals surface area contributed by atoms with Crippen LogP contribution in [0.5, 0.6) is 0 Å². The summed E-state index contributed by atoms with van der Waals surface area (Å²) >= 11 is 0. The maximum Gasteiger partial charge on any atom is 0.225 e. The first-order chi connectivity index (χ1) is 49.7. The normalized spacial score (nSPS) is 13.3. The number of hydrogen-bond donors (Lipinski definition) is 12. The average Bonchev–Trinajstić information content (AvgIpc) is 1.19. The minimum atomic E-state index is -3.18. The number of carbonyl (C=O) groups excluding carboxylic acids is 7. The molecule has 32 heteroatoms. The number of morpholine rings is 1. The van der Waals surface area contributed by atoms with Crippen molar-refractivity contribution in [2.75, 3.05) is 184 Å². The molecule has 3 aliphatic heterocycles. The number of nitrogens with zero attached hydrogens (tertiary/aromatic N) is 5. The number of rotatable bonds is 37. The van der Waals surface area contributed by atoms with Crippen LogP contribution in [0.15, 0.2) is 47.2 Å². The number of nitrogens with one attached hydrogen (secondary N) is 7. The van der Waals surface area contributed by atoms with E-state index in [1.165, 1.54) is 0 Å². The van der Waals surface area contributed by atoms with Gasteiger partial charge in [0.1, 0.15) is 5.76 Å². The number of piperazine rings is 1. The van der Waals surface area contributed by atoms with Crippen LogP contribution in [0.2, 0.25) is 0 Å². The van der Waals surface area contributed by atoms with Crippen molar-refractivity contribution in [1.29, 1.82) is 0 Å². The van der Waals surface area contributed by atoms with Crippen LogP contribution in [0.25, 0.3) is 0 Å². The summed E-state index contributed by atoms with van der Waals surface area (Å²) in [5.41, 5.74) is 0.886. The predicted molar refractivity (Wildman–Crippen MR) is 461 cm³/mol. The van der Waals surface area contributed by atoms with E-state index in [2.05, 4.69) is 51.4 Å². The molecule has 1 unspecified atom stereocenters. The SMILES string of the molecule is C.C.C.C.C.C.C.C.CC(C)C(=O)N1CCN(CCOCCO)CC1.CC(C)C(=O)NCC1CCCO1.CC(C)C(=O)NCCN(CCO)CCO.CC(C)C(=O)NCCN1CCOCC1.CC(C)C(=O)NCCO.CC(C)C(=O)NCc1ccccn1.CC(C)C(=O)NCc1ccco1.CC(C)S(=O)(=O)NCCOCCO. The summed E-state index contributed by atoms with van der Waals surface area (Å²) in [7, 11) is -3.18. The number of amides is 7. The lowest BCUT2D eigenvalue weighted by Crippen LogP contribution is -2.50. The lowest BCUT2D eigenvalue weighted by Gasteiger charge is -2.35. The number of aliphatic hydroxyl groups excluding tert-OH is 5. The minimum absolute atomic E-state index is 0. The van der Waals surface area contributed by atoms with Crippen molar-refractivity contribution in [1.82, 2.24) is 61.2 Å². The van der Waals surface area contributed by atoms with Crippen molar-refractivity contribution in [3.63, 3.8) is 0 Å². The number of sulfonamides is 1. The molecule has 31 nitrogen and oxygen atoms in total. The van der Waals surface area contributed by atoms with E-state index in [1.807, 2.05) is 131 Å². The summed E-state index contributed by atoms with van der Waals surface area (Å²) in [4.78, 5) is 90.8. The topological polar surface area (TPSA) is 415 Å². The van der Waals surface area contributed by atoms with Crippen molar-refractivity contribution in [3.05, 3.63) is 54.2 Å². The number of pyridine rings is 1. The van der Waals surface area contributed by atoms with E-state index in [1.54, 1.807) is 32.4 Å². The Morgan fingerprint density at radius 3 is 1.36 bits per heavy atom. The van der Waals surface area contributed by atoms with Crippen molar-refractivity contribution in [2.24, 2.45) is 41.4 Å². The van der Waals surface area contributed by atoms with Crippen molar-refractivity contribution in [2.45, 2.75) is 207 Å². The van der Waals surface area contributed by atoms with E-state index >= 15 is 0 Å². The first-order valence-corrected chi connectivity index (χ1v) is 38.7. The number of carbonyl (C=O) groups is 7. The fourth-order valence-corrected chi connectivity index (χ4v) is 9.02. The molecular formula is C81H172N12O19S. The van der Waals surface area contributed by atoms with E-state index in [-0.39, 0.29) is 201 Å². The number of furan rings is 1. The van der Waals surface area contributed by atoms with Crippen LogP contribution in [0.3, 0.4) is 0 Å². The third kappa shape index (κ3) is 75.9. The predicted octanol–water partition coefficient (Wildman–Crippen LogP) is 6.94. The largest absolute Gasteiger partial charge is 0.467 e. The van der Waals surface area contributed by atoms with E-state index < -0.39 is 15.3 Å². The van der Waals surface area contributed by atoms with E-state index in [4.69, 9.17) is 48.9 Å². The first-order valence-electron chi connectivity index (χ1n) is 37.2. The molecule has 0 aliphatic carbocycles. The van der Waals surface area contributed by atoms with Crippen LogP contribution in [-0.2, 0) is 75.6 Å². The Morgan fingerprint density at radius 1 is 0.487 bits per heavy atom. The van der Waals surface area contributed by atoms with Crippen molar-refractivity contribution < 1.29 is 90.9 Å². The Hall–Kier alpha value is -5.85. The van der Waals surface area contributed by atoms with Gasteiger partial charge >= 0.3 is 0 Å². The molecule has 5 heterocycles. The molecule has 0 spiro atoms. The zero-order valence-corrected chi connectivity index (χ0v) is 67.3. The van der Waals surface area contributed by atoms with Gasteiger partial charge in [0.05, 0.1) is 109 Å². The minimum Gasteiger partial charge on any atom is -0.467 e. The molecule has 2 aromatic heterocycles. The summed E-state index contributed by atoms with van der Waals surface area (Å²) in [5.74, 6) is 1.73. The molecule has 0 radical (unpaired) electrons. The molecule has 5 rings (SSSR count). The second kappa shape index (κ2) is 84.1. The standard InChI is InChI=1S/C12H24N2O3.C10H22N2O3.C10H20N2O2.C10H14N2O.C9H17NO2.C9H13NO2.C7H17NO4S.C6H13NO2.8CH4/c1-11(2)12(16)14-5-3-13(4-6-14)7-9-17-10-8-15;1-9(2)10(15)11-3-4-12(5-7-13)6-8-14;1-9(2)10(13)11-3-4-12-5-7-14-8-6-12;1-8(2)10(13)12-7-9-5-3-4-6-11-9;2*1-7(2)9(11)10-6-8-4-3-5-12-8;1-7(2)13(10,11)8-3-5-12-6-4-9;1-5(2)6(9)7-3-4-8;;;;;;;;/h11,15H,3-10H2,1-2H3;9,13-14H,3-8H2,1-2H3,(H,11,15);9H,3-8H2,1-2H3,(H,11,13);3-6,8H,7H2,1-2H3,(H,12,13);7-8H,3-6H2,1-2H3,(H,10,11);3-5,7H,6H2,1-2H3,(H,10,11);7-9H,3-6H2,1-2H3;5,8H,3-4H2,1-2H3,(H,7,9);8*1H4. The van der Waals surface area contributed by atoms with Gasteiger partial charge in [-0.15, -0.1) is 0 Å². The second-order valence-corrected chi connectivity index (χ2v) is 29.3. The lowest BCUT2D eigenvalue weighted by atomic mass is 10.1. The maximum absolute atomic E-state index is 11.8. The molecule has 0 bridgehead atoms. The van der Waals surface area contributed by atoms with Crippen LogP contribution < -0.4 is 36.6 Å². The van der Waals surface area contributed by atoms with Gasteiger partial charge in [0, 0.05) is 159 Å². The summed E-state index contributed by atoms with van der Waals surface area (Å²) < 4.78 is 50.4. The average molecular weight is 1650 g/mol. The van der Waals surface area contributed by atoms with Gasteiger partial charge < -0.3 is 85.7 Å². The molecule has 3 fully saturated rings. The highest BCUT2D eigenvalue weighted by Crippen LogP contribution is 2.11. The lowest BCUT2D eigenvalue weighted by molar-refractivity contribution is -0.136. The quantitative estimate of drug-likeness (QED) is 0.0305. The summed E-state index contributed by atoms with van der Waals surface area (Å²) in [6.45, 7) is 46.2. The van der Waals surface area contributed by atoms with Crippen molar-refractivity contribution in [3.8, 4) is 0 Å². The van der Waals surface area contributed by atoms with Crippen molar-refractivity contribution >= 4 is 51.4 Å². The molecule has 12 N–H and O–H groups in total. The van der Waals surface area contributed by atoms with Gasteiger partial charge in [-0.2, -0.15) is 0 Å². The Balaban J connectivity index is -0.000000116. The highest BCUT2D eigenvalue weighted by Gasteiger charge is 2.23. The monoisotopic (exact) mass is 1650 g/mol. The van der Waals surface area contributed by atoms with Gasteiger partial charge in [-0.1, -0.05) is 162 Å². The van der Waals surface area contributed by atoms with E-state index in [9.17, 15) is 42.0 Å². The molecule has 7 amide bonds. The zero-order chi connectivity index (χ0) is 80.0. The second-order valence-electron chi connectivity index (χ2n) is 27.0. The third-order valence-electron chi connectivity index (χ3n) is 15.0. The number of ether oxygens (including phenoxy) is 4. The molecular weight excluding hydrogens is 1480 g/mol. The van der Waals surface area contributed by atoms with E-state index in [0.29, 0.717) is 65.6 Å². The highest BCUT2D eigenvalue weighted by molar-refractivity contribution is 7.90. The Kier molecular flexibility index (Phi) is 97.2. The summed E-state index contributed by atoms with van der Waals surface area (Å²) in [6, 6.07) is 9.29. The number of aliphatic hydroxyl groups is 5. The molecule has 3 aliphatic rings. The van der Waals surface area contributed by atoms with Crippen LogP contribution in [0, 0.1) is 41.4 Å². The van der Waals surface area contributed by atoms with E-state index in [0.717, 1.165) is 103 Å². The maximum atomic E-state index is 11.8. The van der Waals surface area contributed by atoms with Gasteiger partial charge in [-0.05, 0) is 51.0 Å². The fraction of sp³-hybridized carbons (Fsp3) is 0.802. The third-order valence-corrected chi connectivity index (χ3v) is 16.9. The highest BCUT2D eigenvalue weighted by atomic mass is 32.2. The molecule has 0 saturated carbocycles. The fourth-order valence-electron chi connectivity index (χ4n) is 8.32. The van der Waals surface area contributed by atoms with Gasteiger partial charge in [0.25, 0.3) is 0 Å². The molecule has 1 atom stereocenters. The summed E-state index contributed by atoms with van der Waals surface area (Å²) in [5, 5.41) is 58.9. The first kappa shape index (κ1) is 131. The van der Waals surface area contributed by atoms with Crippen LogP contribution in [0.1, 0.15) is 194 Å². The van der Waals surface area contributed by atoms with Crippen LogP contribution in [-0.4, -0.2) is 295 Å².